The Balaban J connectivity index is 1.92. The fourth-order valence-electron chi connectivity index (χ4n) is 3.60. The number of aromatic nitrogens is 2. The van der Waals surface area contributed by atoms with Crippen molar-refractivity contribution in [2.24, 2.45) is 18.9 Å². The summed E-state index contributed by atoms with van der Waals surface area (Å²) >= 11 is 0. The molecular formula is C16H30N4. The van der Waals surface area contributed by atoms with Gasteiger partial charge >= 0.3 is 0 Å². The summed E-state index contributed by atoms with van der Waals surface area (Å²) in [6.07, 6.45) is 8.13. The molecule has 0 amide bonds. The summed E-state index contributed by atoms with van der Waals surface area (Å²) in [5.74, 6) is 1.71. The van der Waals surface area contributed by atoms with Crippen molar-refractivity contribution in [3.8, 4) is 0 Å². The molecule has 0 aromatic carbocycles. The topological polar surface area (TPSA) is 33.1 Å². The Hall–Kier alpha value is -0.870. The maximum absolute atomic E-state index is 4.30. The summed E-state index contributed by atoms with van der Waals surface area (Å²) in [7, 11) is 6.27. The molecule has 4 nitrogen and oxygen atoms in total. The quantitative estimate of drug-likeness (QED) is 0.898. The van der Waals surface area contributed by atoms with Crippen molar-refractivity contribution in [1.29, 1.82) is 0 Å². The summed E-state index contributed by atoms with van der Waals surface area (Å²) in [6, 6.07) is 1.07. The standard InChI is InChI=1S/C16H30N4/c1-12-6-13(2)8-15(7-12)17-10-16(19(3)4)14-9-18-20(5)11-14/h9,11-13,15-17H,6-8,10H2,1-5H3/t12-,13-,16+/m1/s1. The number of likely N-dealkylation sites (N-methyl/N-ethyl adjacent to an activating group) is 1. The van der Waals surface area contributed by atoms with Gasteiger partial charge in [-0.25, -0.2) is 0 Å². The first kappa shape index (κ1) is 15.5. The zero-order valence-corrected chi connectivity index (χ0v) is 13.6. The molecule has 0 radical (unpaired) electrons. The molecule has 1 aromatic heterocycles. The Morgan fingerprint density at radius 2 is 1.95 bits per heavy atom. The lowest BCUT2D eigenvalue weighted by Crippen LogP contribution is -2.40. The first-order valence-corrected chi connectivity index (χ1v) is 7.84. The number of hydrogen-bond acceptors (Lipinski definition) is 3. The predicted molar refractivity (Wildman–Crippen MR) is 83.6 cm³/mol. The van der Waals surface area contributed by atoms with Crippen LogP contribution in [-0.4, -0.2) is 41.4 Å². The van der Waals surface area contributed by atoms with Crippen LogP contribution in [0.1, 0.15) is 44.7 Å². The summed E-state index contributed by atoms with van der Waals surface area (Å²) in [5.41, 5.74) is 1.29. The van der Waals surface area contributed by atoms with Crippen molar-refractivity contribution < 1.29 is 0 Å². The van der Waals surface area contributed by atoms with Crippen molar-refractivity contribution in [3.05, 3.63) is 18.0 Å². The smallest absolute Gasteiger partial charge is 0.0538 e. The average Bonchev–Trinajstić information content (AvgIpc) is 2.74. The highest BCUT2D eigenvalue weighted by molar-refractivity contribution is 5.11. The molecule has 0 bridgehead atoms. The molecule has 3 atom stereocenters. The van der Waals surface area contributed by atoms with Gasteiger partial charge in [-0.05, 0) is 45.2 Å². The molecule has 20 heavy (non-hydrogen) atoms. The van der Waals surface area contributed by atoms with Crippen LogP contribution in [0.3, 0.4) is 0 Å². The molecule has 1 aromatic rings. The molecule has 2 rings (SSSR count). The van der Waals surface area contributed by atoms with E-state index in [1.165, 1.54) is 24.8 Å². The van der Waals surface area contributed by atoms with Crippen LogP contribution in [0, 0.1) is 11.8 Å². The van der Waals surface area contributed by atoms with Gasteiger partial charge in [0.15, 0.2) is 0 Å². The molecule has 1 saturated carbocycles. The molecule has 0 saturated heterocycles. The van der Waals surface area contributed by atoms with Gasteiger partial charge in [-0.1, -0.05) is 13.8 Å². The van der Waals surface area contributed by atoms with E-state index in [0.29, 0.717) is 12.1 Å². The second-order valence-electron chi connectivity index (χ2n) is 6.95. The number of aryl methyl sites for hydroxylation is 1. The van der Waals surface area contributed by atoms with E-state index < -0.39 is 0 Å². The minimum atomic E-state index is 0.399. The third-order valence-corrected chi connectivity index (χ3v) is 4.51. The van der Waals surface area contributed by atoms with Gasteiger partial charge < -0.3 is 10.2 Å². The molecule has 1 heterocycles. The monoisotopic (exact) mass is 278 g/mol. The molecule has 0 spiro atoms. The van der Waals surface area contributed by atoms with Gasteiger partial charge in [-0.3, -0.25) is 4.68 Å². The van der Waals surface area contributed by atoms with Gasteiger partial charge in [0.25, 0.3) is 0 Å². The third kappa shape index (κ3) is 4.06. The lowest BCUT2D eigenvalue weighted by molar-refractivity contribution is 0.216. The highest BCUT2D eigenvalue weighted by Gasteiger charge is 2.25. The summed E-state index contributed by atoms with van der Waals surface area (Å²) < 4.78 is 1.89. The van der Waals surface area contributed by atoms with Gasteiger partial charge in [0.2, 0.25) is 0 Å². The number of nitrogens with one attached hydrogen (secondary N) is 1. The Bertz CT molecular complexity index is 402. The molecule has 0 aliphatic heterocycles. The van der Waals surface area contributed by atoms with Crippen molar-refractivity contribution in [3.63, 3.8) is 0 Å². The maximum Gasteiger partial charge on any atom is 0.0538 e. The van der Waals surface area contributed by atoms with Crippen molar-refractivity contribution in [1.82, 2.24) is 20.0 Å². The number of nitrogens with zero attached hydrogens (tertiary/aromatic N) is 3. The zero-order valence-electron chi connectivity index (χ0n) is 13.6. The average molecular weight is 278 g/mol. The second kappa shape index (κ2) is 6.72. The van der Waals surface area contributed by atoms with Crippen molar-refractivity contribution in [2.45, 2.75) is 45.2 Å². The third-order valence-electron chi connectivity index (χ3n) is 4.51. The minimum absolute atomic E-state index is 0.399. The van der Waals surface area contributed by atoms with Crippen molar-refractivity contribution >= 4 is 0 Å². The highest BCUT2D eigenvalue weighted by atomic mass is 15.2. The van der Waals surface area contributed by atoms with Crippen LogP contribution < -0.4 is 5.32 Å². The summed E-state index contributed by atoms with van der Waals surface area (Å²) in [4.78, 5) is 2.28. The molecule has 1 fully saturated rings. The summed E-state index contributed by atoms with van der Waals surface area (Å²) in [5, 5.41) is 8.09. The molecule has 0 unspecified atom stereocenters. The number of hydrogen-bond donors (Lipinski definition) is 1. The lowest BCUT2D eigenvalue weighted by atomic mass is 9.80. The zero-order chi connectivity index (χ0) is 14.7. The first-order valence-electron chi connectivity index (χ1n) is 7.84. The highest BCUT2D eigenvalue weighted by Crippen LogP contribution is 2.29. The molecule has 1 aliphatic carbocycles. The Labute approximate surface area is 123 Å². The predicted octanol–water partition coefficient (Wildman–Crippen LogP) is 2.44. The van der Waals surface area contributed by atoms with E-state index in [4.69, 9.17) is 0 Å². The fourth-order valence-corrected chi connectivity index (χ4v) is 3.60. The number of rotatable bonds is 5. The lowest BCUT2D eigenvalue weighted by Gasteiger charge is -2.34. The molecular weight excluding hydrogens is 248 g/mol. The van der Waals surface area contributed by atoms with Gasteiger partial charge in [-0.2, -0.15) is 5.10 Å². The van der Waals surface area contributed by atoms with Crippen molar-refractivity contribution in [2.75, 3.05) is 20.6 Å². The SMILES string of the molecule is C[C@H]1CC(NC[C@@H](c2cnn(C)c2)N(C)C)C[C@H](C)C1. The Kier molecular flexibility index (Phi) is 5.22. The largest absolute Gasteiger partial charge is 0.312 e. The van der Waals surface area contributed by atoms with E-state index in [1.54, 1.807) is 0 Å². The van der Waals surface area contributed by atoms with Crippen LogP contribution in [-0.2, 0) is 7.05 Å². The van der Waals surface area contributed by atoms with E-state index in [-0.39, 0.29) is 0 Å². The molecule has 4 heteroatoms. The first-order chi connectivity index (χ1) is 9.45. The normalized spacial score (nSPS) is 28.8. The Morgan fingerprint density at radius 3 is 2.45 bits per heavy atom. The fraction of sp³-hybridized carbons (Fsp3) is 0.812. The second-order valence-corrected chi connectivity index (χ2v) is 6.95. The molecule has 1 aliphatic rings. The van der Waals surface area contributed by atoms with Crippen LogP contribution in [0.2, 0.25) is 0 Å². The minimum Gasteiger partial charge on any atom is -0.312 e. The van der Waals surface area contributed by atoms with Gasteiger partial charge in [0.1, 0.15) is 0 Å². The van der Waals surface area contributed by atoms with E-state index in [9.17, 15) is 0 Å². The Morgan fingerprint density at radius 1 is 1.30 bits per heavy atom. The van der Waals surface area contributed by atoms with Crippen LogP contribution in [0.4, 0.5) is 0 Å². The molecule has 114 valence electrons. The van der Waals surface area contributed by atoms with Gasteiger partial charge in [0.05, 0.1) is 6.20 Å². The van der Waals surface area contributed by atoms with E-state index in [2.05, 4.69) is 49.5 Å². The van der Waals surface area contributed by atoms with E-state index in [0.717, 1.165) is 18.4 Å². The van der Waals surface area contributed by atoms with Gasteiger partial charge in [-0.15, -0.1) is 0 Å². The van der Waals surface area contributed by atoms with Gasteiger partial charge in [0, 0.05) is 37.4 Å². The van der Waals surface area contributed by atoms with Crippen LogP contribution in [0.15, 0.2) is 12.4 Å². The van der Waals surface area contributed by atoms with Crippen LogP contribution in [0.25, 0.3) is 0 Å². The molecule has 1 N–H and O–H groups in total. The van der Waals surface area contributed by atoms with Crippen LogP contribution in [0.5, 0.6) is 0 Å². The maximum atomic E-state index is 4.30. The van der Waals surface area contributed by atoms with Crippen LogP contribution >= 0.6 is 0 Å². The van der Waals surface area contributed by atoms with E-state index in [1.807, 2.05) is 17.9 Å². The van der Waals surface area contributed by atoms with E-state index >= 15 is 0 Å². The summed E-state index contributed by atoms with van der Waals surface area (Å²) in [6.45, 7) is 5.77.